The van der Waals surface area contributed by atoms with E-state index < -0.39 is 0 Å². The van der Waals surface area contributed by atoms with E-state index in [1.807, 2.05) is 25.3 Å². The van der Waals surface area contributed by atoms with Crippen molar-refractivity contribution in [2.45, 2.75) is 37.5 Å². The van der Waals surface area contributed by atoms with Crippen LogP contribution in [0.4, 0.5) is 0 Å². The zero-order chi connectivity index (χ0) is 25.5. The topological polar surface area (TPSA) is 63.3 Å². The van der Waals surface area contributed by atoms with Gasteiger partial charge in [0.1, 0.15) is 29.2 Å². The van der Waals surface area contributed by atoms with Crippen molar-refractivity contribution in [1.29, 1.82) is 5.26 Å². The summed E-state index contributed by atoms with van der Waals surface area (Å²) in [6.07, 6.45) is 5.88. The van der Waals surface area contributed by atoms with Crippen molar-refractivity contribution in [1.82, 2.24) is 14.5 Å². The van der Waals surface area contributed by atoms with Gasteiger partial charge in [0, 0.05) is 30.5 Å². The minimum Gasteiger partial charge on any atom is -0.487 e. The predicted octanol–water partition coefficient (Wildman–Crippen LogP) is 6.46. The van der Waals surface area contributed by atoms with E-state index in [4.69, 9.17) is 14.5 Å². The second-order valence-electron chi connectivity index (χ2n) is 8.47. The van der Waals surface area contributed by atoms with Crippen LogP contribution < -0.4 is 4.74 Å². The molecule has 186 valence electrons. The molecule has 36 heavy (non-hydrogen) atoms. The van der Waals surface area contributed by atoms with E-state index in [-0.39, 0.29) is 23.6 Å². The molecule has 0 radical (unpaired) electrons. The third-order valence-electron chi connectivity index (χ3n) is 6.26. The van der Waals surface area contributed by atoms with Crippen molar-refractivity contribution < 1.29 is 9.26 Å². The molecule has 1 aromatic heterocycles. The van der Waals surface area contributed by atoms with Crippen LogP contribution >= 0.6 is 40.3 Å². The number of imidazole rings is 1. The molecular formula is C27H28IN4O2PS. The predicted molar refractivity (Wildman–Crippen MR) is 156 cm³/mol. The number of aromatic nitrogens is 2. The fourth-order valence-corrected chi connectivity index (χ4v) is 6.04. The molecule has 0 bridgehead atoms. The van der Waals surface area contributed by atoms with Crippen LogP contribution in [0.1, 0.15) is 36.7 Å². The van der Waals surface area contributed by atoms with Crippen molar-refractivity contribution in [3.05, 3.63) is 72.3 Å². The molecule has 0 N–H and O–H groups in total. The monoisotopic (exact) mass is 630 g/mol. The van der Waals surface area contributed by atoms with Crippen LogP contribution in [0.2, 0.25) is 0 Å². The molecule has 4 rings (SSSR count). The van der Waals surface area contributed by atoms with Crippen LogP contribution in [0.15, 0.2) is 60.9 Å². The van der Waals surface area contributed by atoms with Gasteiger partial charge in [-0.15, -0.1) is 11.8 Å². The Bertz CT molecular complexity index is 1250. The molecular weight excluding hydrogens is 602 g/mol. The molecule has 6 nitrogen and oxygen atoms in total. The lowest BCUT2D eigenvalue weighted by Gasteiger charge is -2.44. The Morgan fingerprint density at radius 3 is 2.50 bits per heavy atom. The van der Waals surface area contributed by atoms with Crippen molar-refractivity contribution in [3.8, 4) is 34.8 Å². The van der Waals surface area contributed by atoms with E-state index in [0.29, 0.717) is 13.0 Å². The van der Waals surface area contributed by atoms with Gasteiger partial charge < -0.3 is 13.8 Å². The first-order chi connectivity index (χ1) is 17.5. The highest BCUT2D eigenvalue weighted by molar-refractivity contribution is 14.2. The van der Waals surface area contributed by atoms with Gasteiger partial charge in [0.15, 0.2) is 0 Å². The normalized spacial score (nSPS) is 19.2. The quantitative estimate of drug-likeness (QED) is 0.117. The Labute approximate surface area is 232 Å². The van der Waals surface area contributed by atoms with E-state index in [0.717, 1.165) is 34.8 Å². The molecule has 1 aliphatic rings. The number of ether oxygens (including phenoxy) is 1. The van der Waals surface area contributed by atoms with E-state index in [1.165, 1.54) is 0 Å². The molecule has 1 saturated heterocycles. The van der Waals surface area contributed by atoms with Crippen molar-refractivity contribution in [3.63, 3.8) is 0 Å². The molecule has 1 aliphatic heterocycles. The van der Waals surface area contributed by atoms with E-state index in [9.17, 15) is 0 Å². The molecule has 5 atom stereocenters. The number of likely N-dealkylation sites (tertiary alicyclic amines) is 1. The minimum atomic E-state index is -0.0712. The molecule has 3 aromatic rings. The molecule has 0 saturated carbocycles. The smallest absolute Gasteiger partial charge is 0.142 e. The molecule has 0 amide bonds. The van der Waals surface area contributed by atoms with Gasteiger partial charge in [-0.1, -0.05) is 36.1 Å². The van der Waals surface area contributed by atoms with Crippen LogP contribution in [-0.2, 0) is 4.52 Å². The summed E-state index contributed by atoms with van der Waals surface area (Å²) in [4.78, 5) is 6.60. The number of nitriles is 1. The molecule has 2 aromatic carbocycles. The highest BCUT2D eigenvalue weighted by Gasteiger charge is 2.36. The SMILES string of the molecule is CSC(C#Cc1ccc(-c2ccc(OC3CN(CC#N)C3C)cc2)cc1)n1ccnc1C(C)OPI. The van der Waals surface area contributed by atoms with Gasteiger partial charge >= 0.3 is 0 Å². The highest BCUT2D eigenvalue weighted by atomic mass is 127. The number of hydrogen-bond acceptors (Lipinski definition) is 6. The van der Waals surface area contributed by atoms with Crippen molar-refractivity contribution in [2.75, 3.05) is 19.3 Å². The molecule has 2 heterocycles. The van der Waals surface area contributed by atoms with E-state index in [2.05, 4.69) is 104 Å². The lowest BCUT2D eigenvalue weighted by molar-refractivity contribution is -0.0271. The van der Waals surface area contributed by atoms with Gasteiger partial charge in [-0.25, -0.2) is 4.98 Å². The zero-order valence-corrected chi connectivity index (χ0v) is 24.4. The van der Waals surface area contributed by atoms with E-state index >= 15 is 0 Å². The number of halogens is 1. The van der Waals surface area contributed by atoms with Gasteiger partial charge in [-0.05, 0) is 77.5 Å². The van der Waals surface area contributed by atoms with Gasteiger partial charge in [-0.3, -0.25) is 4.90 Å². The van der Waals surface area contributed by atoms with Crippen molar-refractivity contribution in [2.24, 2.45) is 0 Å². The summed E-state index contributed by atoms with van der Waals surface area (Å²) >= 11 is 3.90. The van der Waals surface area contributed by atoms with Gasteiger partial charge in [0.2, 0.25) is 0 Å². The maximum atomic E-state index is 8.85. The number of rotatable bonds is 9. The molecule has 1 fully saturated rings. The first-order valence-electron chi connectivity index (χ1n) is 11.6. The summed E-state index contributed by atoms with van der Waals surface area (Å²) < 4.78 is 13.9. The van der Waals surface area contributed by atoms with Gasteiger partial charge in [0.05, 0.1) is 19.1 Å². The number of benzene rings is 2. The third kappa shape index (κ3) is 6.43. The third-order valence-corrected chi connectivity index (χ3v) is 8.26. The maximum Gasteiger partial charge on any atom is 0.142 e. The van der Waals surface area contributed by atoms with Gasteiger partial charge in [0.25, 0.3) is 0 Å². The molecule has 5 unspecified atom stereocenters. The lowest BCUT2D eigenvalue weighted by atomic mass is 10.0. The largest absolute Gasteiger partial charge is 0.487 e. The summed E-state index contributed by atoms with van der Waals surface area (Å²) in [6, 6.07) is 19.0. The minimum absolute atomic E-state index is 0.0383. The first kappa shape index (κ1) is 27.0. The Morgan fingerprint density at radius 2 is 1.89 bits per heavy atom. The van der Waals surface area contributed by atoms with Crippen LogP contribution in [0.5, 0.6) is 5.75 Å². The summed E-state index contributed by atoms with van der Waals surface area (Å²) in [6.45, 7) is 5.75. The summed E-state index contributed by atoms with van der Waals surface area (Å²) in [5, 5.41) is 8.81. The Hall–Kier alpha value is -2.07. The Morgan fingerprint density at radius 1 is 1.19 bits per heavy atom. The first-order valence-corrected chi connectivity index (χ1v) is 16.9. The van der Waals surface area contributed by atoms with Crippen LogP contribution in [-0.4, -0.2) is 45.9 Å². The Balaban J connectivity index is 1.39. The zero-order valence-electron chi connectivity index (χ0n) is 20.4. The second-order valence-corrected chi connectivity index (χ2v) is 11.1. The van der Waals surface area contributed by atoms with Crippen LogP contribution in [0, 0.1) is 23.2 Å². The highest BCUT2D eigenvalue weighted by Crippen LogP contribution is 2.33. The molecule has 0 aliphatic carbocycles. The summed E-state index contributed by atoms with van der Waals surface area (Å²) in [5.41, 5.74) is 3.23. The average Bonchev–Trinajstić information content (AvgIpc) is 3.39. The number of hydrogen-bond donors (Lipinski definition) is 0. The molecule has 0 spiro atoms. The number of thioether (sulfide) groups is 1. The standard InChI is InChI=1S/C27H28IN4O2PS/c1-19-25(18-31(19)16-14-29)33-24-11-9-23(10-12-24)22-7-4-21(5-8-22)6-13-26(36-3)32-17-15-30-27(32)20(2)34-35-28/h4-5,7-12,15,17,19-20,25-26,35H,16,18H2,1-3H3. The summed E-state index contributed by atoms with van der Waals surface area (Å²) in [5.74, 6) is 8.44. The van der Waals surface area contributed by atoms with E-state index in [1.54, 1.807) is 18.0 Å². The molecule has 9 heteroatoms. The number of nitrogens with zero attached hydrogens (tertiary/aromatic N) is 4. The lowest BCUT2D eigenvalue weighted by Crippen LogP contribution is -2.60. The van der Waals surface area contributed by atoms with Gasteiger partial charge in [-0.2, -0.15) is 5.26 Å². The fourth-order valence-electron chi connectivity index (χ4n) is 4.07. The maximum absolute atomic E-state index is 8.85. The van der Waals surface area contributed by atoms with Crippen LogP contribution in [0.25, 0.3) is 11.1 Å². The Kier molecular flexibility index (Phi) is 9.70. The fraction of sp³-hybridized carbons (Fsp3) is 0.333. The summed E-state index contributed by atoms with van der Waals surface area (Å²) in [7, 11) is 0. The average molecular weight is 630 g/mol. The van der Waals surface area contributed by atoms with Crippen LogP contribution in [0.3, 0.4) is 0 Å². The van der Waals surface area contributed by atoms with Crippen molar-refractivity contribution >= 4 is 40.3 Å². The second kappa shape index (κ2) is 12.9.